The Kier molecular flexibility index (Phi) is 9.65. The van der Waals surface area contributed by atoms with E-state index in [4.69, 9.17) is 4.74 Å². The van der Waals surface area contributed by atoms with Crippen molar-refractivity contribution >= 4 is 29.8 Å². The van der Waals surface area contributed by atoms with Crippen molar-refractivity contribution in [2.75, 3.05) is 32.7 Å². The summed E-state index contributed by atoms with van der Waals surface area (Å²) in [4.78, 5) is 39.7. The Balaban J connectivity index is 1.64. The summed E-state index contributed by atoms with van der Waals surface area (Å²) in [6.45, 7) is 7.17. The van der Waals surface area contributed by atoms with Gasteiger partial charge in [-0.05, 0) is 26.3 Å². The molecule has 1 heterocycles. The second kappa shape index (κ2) is 12.2. The third kappa shape index (κ3) is 9.06. The van der Waals surface area contributed by atoms with Gasteiger partial charge in [0.15, 0.2) is 5.37 Å². The van der Waals surface area contributed by atoms with E-state index in [1.165, 1.54) is 11.8 Å². The van der Waals surface area contributed by atoms with Crippen molar-refractivity contribution < 1.29 is 19.1 Å². The lowest BCUT2D eigenvalue weighted by molar-refractivity contribution is -0.120. The molecule has 2 N–H and O–H groups in total. The van der Waals surface area contributed by atoms with Crippen molar-refractivity contribution in [2.45, 2.75) is 43.9 Å². The molecular formula is C22H31N5O4S. The molecular weight excluding hydrogens is 430 g/mol. The Morgan fingerprint density at radius 2 is 1.75 bits per heavy atom. The van der Waals surface area contributed by atoms with Gasteiger partial charge in [0.05, 0.1) is 6.07 Å². The van der Waals surface area contributed by atoms with Crippen molar-refractivity contribution in [3.63, 3.8) is 0 Å². The highest BCUT2D eigenvalue weighted by Gasteiger charge is 2.27. The summed E-state index contributed by atoms with van der Waals surface area (Å²) >= 11 is 1.34. The second-order valence-corrected chi connectivity index (χ2v) is 9.40. The number of nitrogens with zero attached hydrogens (tertiary/aromatic N) is 3. The minimum atomic E-state index is -0.653. The third-order valence-corrected chi connectivity index (χ3v) is 5.57. The van der Waals surface area contributed by atoms with Crippen LogP contribution in [-0.4, -0.2) is 71.5 Å². The van der Waals surface area contributed by atoms with Gasteiger partial charge in [-0.1, -0.05) is 30.3 Å². The van der Waals surface area contributed by atoms with Gasteiger partial charge in [-0.3, -0.25) is 4.79 Å². The summed E-state index contributed by atoms with van der Waals surface area (Å²) in [5.41, 5.74) is 0.516. The van der Waals surface area contributed by atoms with E-state index in [2.05, 4.69) is 16.7 Å². The maximum absolute atomic E-state index is 12.3. The van der Waals surface area contributed by atoms with E-state index in [1.54, 1.807) is 9.80 Å². The molecule has 0 unspecified atom stereocenters. The number of ether oxygens (including phenoxy) is 1. The summed E-state index contributed by atoms with van der Waals surface area (Å²) < 4.78 is 5.35. The number of hydrogen-bond donors (Lipinski definition) is 2. The lowest BCUT2D eigenvalue weighted by Gasteiger charge is -2.35. The van der Waals surface area contributed by atoms with Gasteiger partial charge in [0, 0.05) is 44.9 Å². The number of carbonyl (C=O) groups is 3. The Bertz CT molecular complexity index is 814. The number of thioether (sulfide) groups is 1. The Labute approximate surface area is 193 Å². The molecule has 0 radical (unpaired) electrons. The van der Waals surface area contributed by atoms with Crippen LogP contribution in [-0.2, 0) is 15.3 Å². The van der Waals surface area contributed by atoms with Crippen LogP contribution in [0.15, 0.2) is 30.3 Å². The second-order valence-electron chi connectivity index (χ2n) is 8.31. The number of amides is 4. The van der Waals surface area contributed by atoms with Crippen LogP contribution in [0.25, 0.3) is 0 Å². The molecule has 1 fully saturated rings. The molecule has 1 aromatic rings. The molecule has 0 spiro atoms. The molecule has 0 aromatic heterocycles. The number of hydrogen-bond acceptors (Lipinski definition) is 6. The zero-order valence-electron chi connectivity index (χ0n) is 18.8. The van der Waals surface area contributed by atoms with E-state index in [0.717, 1.165) is 5.56 Å². The van der Waals surface area contributed by atoms with Crippen molar-refractivity contribution in [3.8, 4) is 6.07 Å². The Hall–Kier alpha value is -2.93. The molecule has 9 nitrogen and oxygen atoms in total. The number of rotatable bonds is 7. The van der Waals surface area contributed by atoms with Crippen LogP contribution in [0.4, 0.5) is 9.59 Å². The van der Waals surface area contributed by atoms with Gasteiger partial charge < -0.3 is 25.2 Å². The van der Waals surface area contributed by atoms with E-state index in [1.807, 2.05) is 51.1 Å². The number of nitriles is 1. The normalized spacial score (nSPS) is 14.8. The summed E-state index contributed by atoms with van der Waals surface area (Å²) in [7, 11) is 0. The van der Waals surface area contributed by atoms with Gasteiger partial charge in [0.25, 0.3) is 0 Å². The van der Waals surface area contributed by atoms with Gasteiger partial charge in [-0.2, -0.15) is 5.26 Å². The average molecular weight is 462 g/mol. The molecule has 174 valence electrons. The van der Waals surface area contributed by atoms with Crippen molar-refractivity contribution in [1.82, 2.24) is 20.4 Å². The predicted molar refractivity (Wildman–Crippen MR) is 123 cm³/mol. The van der Waals surface area contributed by atoms with Crippen molar-refractivity contribution in [1.29, 1.82) is 5.26 Å². The minimum absolute atomic E-state index is 0.0771. The van der Waals surface area contributed by atoms with Gasteiger partial charge in [0.2, 0.25) is 5.91 Å². The molecule has 1 aromatic carbocycles. The first-order valence-corrected chi connectivity index (χ1v) is 11.6. The fraction of sp³-hybridized carbons (Fsp3) is 0.545. The van der Waals surface area contributed by atoms with Crippen LogP contribution in [0.1, 0.15) is 32.8 Å². The first kappa shape index (κ1) is 25.3. The molecule has 10 heteroatoms. The SMILES string of the molecule is CC(C)(C)OC(=O)N1CCN(C(=O)NCCC(=O)N[C@@H](C#N)SCc2ccccc2)CC1. The maximum Gasteiger partial charge on any atom is 0.410 e. The zero-order chi connectivity index (χ0) is 23.6. The topological polar surface area (TPSA) is 115 Å². The summed E-state index contributed by atoms with van der Waals surface area (Å²) in [6, 6.07) is 11.5. The van der Waals surface area contributed by atoms with Crippen LogP contribution >= 0.6 is 11.8 Å². The Morgan fingerprint density at radius 3 is 2.34 bits per heavy atom. The molecule has 1 aliphatic heterocycles. The minimum Gasteiger partial charge on any atom is -0.444 e. The first-order valence-electron chi connectivity index (χ1n) is 10.5. The number of nitrogens with one attached hydrogen (secondary N) is 2. The monoisotopic (exact) mass is 461 g/mol. The van der Waals surface area contributed by atoms with Crippen LogP contribution in [0.5, 0.6) is 0 Å². The number of urea groups is 1. The molecule has 2 rings (SSSR count). The van der Waals surface area contributed by atoms with Gasteiger partial charge in [-0.25, -0.2) is 9.59 Å². The van der Waals surface area contributed by atoms with Gasteiger partial charge in [0.1, 0.15) is 5.60 Å². The van der Waals surface area contributed by atoms with E-state index >= 15 is 0 Å². The van der Waals surface area contributed by atoms with Gasteiger partial charge >= 0.3 is 12.1 Å². The number of carbonyl (C=O) groups excluding carboxylic acids is 3. The van der Waals surface area contributed by atoms with Crippen molar-refractivity contribution in [2.24, 2.45) is 0 Å². The fourth-order valence-electron chi connectivity index (χ4n) is 2.90. The molecule has 1 atom stereocenters. The lowest BCUT2D eigenvalue weighted by Crippen LogP contribution is -2.54. The summed E-state index contributed by atoms with van der Waals surface area (Å²) in [6.07, 6.45) is -0.306. The maximum atomic E-state index is 12.3. The van der Waals surface area contributed by atoms with E-state index < -0.39 is 11.0 Å². The molecule has 4 amide bonds. The summed E-state index contributed by atoms with van der Waals surface area (Å²) in [5, 5.41) is 14.0. The van der Waals surface area contributed by atoms with E-state index in [9.17, 15) is 19.6 Å². The molecule has 0 saturated carbocycles. The lowest BCUT2D eigenvalue weighted by atomic mass is 10.2. The third-order valence-electron chi connectivity index (χ3n) is 4.52. The fourth-order valence-corrected chi connectivity index (χ4v) is 3.74. The predicted octanol–water partition coefficient (Wildman–Crippen LogP) is 2.54. The highest BCUT2D eigenvalue weighted by Crippen LogP contribution is 2.16. The molecule has 0 aliphatic carbocycles. The largest absolute Gasteiger partial charge is 0.444 e. The van der Waals surface area contributed by atoms with E-state index in [-0.39, 0.29) is 31.0 Å². The molecule has 1 aliphatic rings. The standard InChI is InChI=1S/C22H31N5O4S/c1-22(2,3)31-21(30)27-13-11-26(12-14-27)20(29)24-10-9-18(28)25-19(15-23)32-16-17-7-5-4-6-8-17/h4-8,19H,9-14,16H2,1-3H3,(H,24,29)(H,25,28)/t19-/m1/s1. The van der Waals surface area contributed by atoms with Crippen LogP contribution in [0.2, 0.25) is 0 Å². The molecule has 0 bridgehead atoms. The molecule has 32 heavy (non-hydrogen) atoms. The van der Waals surface area contributed by atoms with E-state index in [0.29, 0.717) is 31.9 Å². The van der Waals surface area contributed by atoms with Crippen LogP contribution in [0, 0.1) is 11.3 Å². The van der Waals surface area contributed by atoms with Crippen LogP contribution < -0.4 is 10.6 Å². The van der Waals surface area contributed by atoms with Crippen LogP contribution in [0.3, 0.4) is 0 Å². The van der Waals surface area contributed by atoms with Gasteiger partial charge in [-0.15, -0.1) is 11.8 Å². The highest BCUT2D eigenvalue weighted by atomic mass is 32.2. The zero-order valence-corrected chi connectivity index (χ0v) is 19.6. The highest BCUT2D eigenvalue weighted by molar-refractivity contribution is 7.99. The number of benzene rings is 1. The van der Waals surface area contributed by atoms with Crippen molar-refractivity contribution in [3.05, 3.63) is 35.9 Å². The molecule has 1 saturated heterocycles. The summed E-state index contributed by atoms with van der Waals surface area (Å²) in [5.74, 6) is 0.317. The Morgan fingerprint density at radius 1 is 1.12 bits per heavy atom. The smallest absolute Gasteiger partial charge is 0.410 e. The number of piperazine rings is 1. The first-order chi connectivity index (χ1) is 15.2. The average Bonchev–Trinajstić information content (AvgIpc) is 2.76. The quantitative estimate of drug-likeness (QED) is 0.603.